The Morgan fingerprint density at radius 3 is 2.71 bits per heavy atom. The summed E-state index contributed by atoms with van der Waals surface area (Å²) < 4.78 is 5.27. The molecule has 0 unspecified atom stereocenters. The molecule has 4 nitrogen and oxygen atoms in total. The van der Waals surface area contributed by atoms with Crippen LogP contribution in [-0.2, 0) is 5.41 Å². The van der Waals surface area contributed by atoms with Gasteiger partial charge in [0, 0.05) is 17.4 Å². The Morgan fingerprint density at radius 2 is 2.14 bits per heavy atom. The van der Waals surface area contributed by atoms with Crippen molar-refractivity contribution in [3.63, 3.8) is 0 Å². The van der Waals surface area contributed by atoms with Crippen LogP contribution < -0.4 is 5.73 Å². The molecular formula is C10H15N3O. The molecule has 0 amide bonds. The number of hydrogen-bond acceptors (Lipinski definition) is 4. The van der Waals surface area contributed by atoms with Gasteiger partial charge in [-0.15, -0.1) is 0 Å². The van der Waals surface area contributed by atoms with Gasteiger partial charge in [0.25, 0.3) is 0 Å². The summed E-state index contributed by atoms with van der Waals surface area (Å²) in [6.45, 7) is 2.19. The van der Waals surface area contributed by atoms with E-state index in [4.69, 9.17) is 10.3 Å². The summed E-state index contributed by atoms with van der Waals surface area (Å²) in [6, 6.07) is 0.340. The van der Waals surface area contributed by atoms with Crippen molar-refractivity contribution in [3.8, 4) is 0 Å². The summed E-state index contributed by atoms with van der Waals surface area (Å²) >= 11 is 0. The molecule has 4 heteroatoms. The zero-order valence-electron chi connectivity index (χ0n) is 8.36. The Labute approximate surface area is 82.9 Å². The zero-order chi connectivity index (χ0) is 9.76. The molecule has 0 saturated heterocycles. The van der Waals surface area contributed by atoms with E-state index in [2.05, 4.69) is 17.1 Å². The first-order valence-electron chi connectivity index (χ1n) is 5.27. The van der Waals surface area contributed by atoms with Gasteiger partial charge in [-0.05, 0) is 25.7 Å². The number of rotatable bonds is 2. The van der Waals surface area contributed by atoms with E-state index in [9.17, 15) is 0 Å². The van der Waals surface area contributed by atoms with Crippen molar-refractivity contribution in [1.82, 2.24) is 10.1 Å². The maximum atomic E-state index is 5.72. The number of hydrogen-bond donors (Lipinski definition) is 1. The average molecular weight is 193 g/mol. The van der Waals surface area contributed by atoms with Crippen molar-refractivity contribution in [2.45, 2.75) is 50.0 Å². The lowest BCUT2D eigenvalue weighted by atomic mass is 9.81. The van der Waals surface area contributed by atoms with Gasteiger partial charge in [0.2, 0.25) is 5.89 Å². The lowest BCUT2D eigenvalue weighted by Crippen LogP contribution is -2.34. The normalized spacial score (nSPS) is 33.9. The monoisotopic (exact) mass is 193 g/mol. The van der Waals surface area contributed by atoms with Gasteiger partial charge in [0.05, 0.1) is 0 Å². The zero-order valence-corrected chi connectivity index (χ0v) is 8.36. The molecular weight excluding hydrogens is 178 g/mol. The van der Waals surface area contributed by atoms with Crippen molar-refractivity contribution in [2.24, 2.45) is 5.73 Å². The van der Waals surface area contributed by atoms with Crippen molar-refractivity contribution in [2.75, 3.05) is 0 Å². The van der Waals surface area contributed by atoms with Crippen LogP contribution in [0.15, 0.2) is 4.52 Å². The molecule has 2 aliphatic rings. The smallest absolute Gasteiger partial charge is 0.229 e. The van der Waals surface area contributed by atoms with Crippen LogP contribution in [0.5, 0.6) is 0 Å². The Balaban J connectivity index is 1.77. The van der Waals surface area contributed by atoms with Gasteiger partial charge in [-0.1, -0.05) is 12.1 Å². The second kappa shape index (κ2) is 2.57. The Hall–Kier alpha value is -0.900. The fourth-order valence-electron chi connectivity index (χ4n) is 1.92. The summed E-state index contributed by atoms with van der Waals surface area (Å²) in [7, 11) is 0. The van der Waals surface area contributed by atoms with Gasteiger partial charge in [-0.25, -0.2) is 0 Å². The molecule has 76 valence electrons. The second-order valence-electron chi connectivity index (χ2n) is 4.95. The molecule has 0 spiro atoms. The topological polar surface area (TPSA) is 64.9 Å². The third-order valence-electron chi connectivity index (χ3n) is 3.51. The molecule has 0 bridgehead atoms. The Kier molecular flexibility index (Phi) is 1.54. The molecule has 2 aliphatic carbocycles. The molecule has 2 saturated carbocycles. The van der Waals surface area contributed by atoms with Crippen LogP contribution in [0.4, 0.5) is 0 Å². The molecule has 3 rings (SSSR count). The molecule has 2 fully saturated rings. The molecule has 1 aromatic rings. The van der Waals surface area contributed by atoms with E-state index < -0.39 is 0 Å². The largest absolute Gasteiger partial charge is 0.339 e. The molecule has 2 N–H and O–H groups in total. The standard InChI is InChI=1S/C10H15N3O/c1-10(2-3-10)9-12-8(14-13-9)6-4-7(11)5-6/h6-7H,2-5,11H2,1H3. The van der Waals surface area contributed by atoms with Crippen molar-refractivity contribution < 1.29 is 4.52 Å². The summed E-state index contributed by atoms with van der Waals surface area (Å²) in [5, 5.41) is 4.05. The minimum Gasteiger partial charge on any atom is -0.339 e. The van der Waals surface area contributed by atoms with Gasteiger partial charge in [-0.3, -0.25) is 0 Å². The lowest BCUT2D eigenvalue weighted by molar-refractivity contribution is 0.263. The Morgan fingerprint density at radius 1 is 1.43 bits per heavy atom. The molecule has 0 radical (unpaired) electrons. The number of nitrogens with zero attached hydrogens (tertiary/aromatic N) is 2. The molecule has 14 heavy (non-hydrogen) atoms. The summed E-state index contributed by atoms with van der Waals surface area (Å²) in [5.41, 5.74) is 5.94. The second-order valence-corrected chi connectivity index (χ2v) is 4.95. The predicted octanol–water partition coefficient (Wildman–Crippen LogP) is 1.33. The van der Waals surface area contributed by atoms with Crippen LogP contribution >= 0.6 is 0 Å². The highest BCUT2D eigenvalue weighted by molar-refractivity contribution is 5.15. The maximum absolute atomic E-state index is 5.72. The van der Waals surface area contributed by atoms with E-state index in [1.54, 1.807) is 0 Å². The van der Waals surface area contributed by atoms with Crippen molar-refractivity contribution >= 4 is 0 Å². The fourth-order valence-corrected chi connectivity index (χ4v) is 1.92. The molecule has 0 aliphatic heterocycles. The van der Waals surface area contributed by atoms with E-state index in [1.165, 1.54) is 12.8 Å². The number of nitrogens with two attached hydrogens (primary N) is 1. The fraction of sp³-hybridized carbons (Fsp3) is 0.800. The predicted molar refractivity (Wildman–Crippen MR) is 50.8 cm³/mol. The highest BCUT2D eigenvalue weighted by atomic mass is 16.5. The summed E-state index contributed by atoms with van der Waals surface area (Å²) in [4.78, 5) is 4.47. The minimum atomic E-state index is 0.216. The summed E-state index contributed by atoms with van der Waals surface area (Å²) in [6.07, 6.45) is 4.38. The number of aromatic nitrogens is 2. The van der Waals surface area contributed by atoms with Crippen LogP contribution in [0.25, 0.3) is 0 Å². The van der Waals surface area contributed by atoms with Crippen LogP contribution in [0.2, 0.25) is 0 Å². The maximum Gasteiger partial charge on any atom is 0.229 e. The quantitative estimate of drug-likeness (QED) is 0.769. The van der Waals surface area contributed by atoms with Gasteiger partial charge < -0.3 is 10.3 Å². The minimum absolute atomic E-state index is 0.216. The molecule has 0 atom stereocenters. The SMILES string of the molecule is CC1(c2noc(C3CC(N)C3)n2)CC1. The van der Waals surface area contributed by atoms with E-state index >= 15 is 0 Å². The Bertz CT molecular complexity index is 350. The van der Waals surface area contributed by atoms with Gasteiger partial charge >= 0.3 is 0 Å². The third-order valence-corrected chi connectivity index (χ3v) is 3.51. The van der Waals surface area contributed by atoms with Crippen LogP contribution in [0, 0.1) is 0 Å². The molecule has 0 aromatic carbocycles. The molecule has 1 heterocycles. The van der Waals surface area contributed by atoms with Crippen LogP contribution in [-0.4, -0.2) is 16.2 Å². The van der Waals surface area contributed by atoms with Gasteiger partial charge in [0.15, 0.2) is 5.82 Å². The van der Waals surface area contributed by atoms with E-state index in [1.807, 2.05) is 0 Å². The average Bonchev–Trinajstić information content (AvgIpc) is 2.66. The van der Waals surface area contributed by atoms with Gasteiger partial charge in [-0.2, -0.15) is 4.98 Å². The van der Waals surface area contributed by atoms with Crippen LogP contribution in [0.1, 0.15) is 50.2 Å². The molecule has 1 aromatic heterocycles. The highest BCUT2D eigenvalue weighted by Crippen LogP contribution is 2.46. The first kappa shape index (κ1) is 8.41. The van der Waals surface area contributed by atoms with Crippen molar-refractivity contribution in [1.29, 1.82) is 0 Å². The van der Waals surface area contributed by atoms with E-state index in [-0.39, 0.29) is 5.41 Å². The summed E-state index contributed by atoms with van der Waals surface area (Å²) in [5.74, 6) is 2.12. The first-order valence-corrected chi connectivity index (χ1v) is 5.27. The van der Waals surface area contributed by atoms with Crippen molar-refractivity contribution in [3.05, 3.63) is 11.7 Å². The van der Waals surface area contributed by atoms with Crippen LogP contribution in [0.3, 0.4) is 0 Å². The third kappa shape index (κ3) is 1.17. The van der Waals surface area contributed by atoms with E-state index in [0.29, 0.717) is 12.0 Å². The highest BCUT2D eigenvalue weighted by Gasteiger charge is 2.44. The first-order chi connectivity index (χ1) is 6.67. The lowest BCUT2D eigenvalue weighted by Gasteiger charge is -2.28. The van der Waals surface area contributed by atoms with Gasteiger partial charge in [0.1, 0.15) is 0 Å². The van der Waals surface area contributed by atoms with E-state index in [0.717, 1.165) is 24.6 Å².